The lowest BCUT2D eigenvalue weighted by Crippen LogP contribution is -2.16. The van der Waals surface area contributed by atoms with Crippen molar-refractivity contribution in [3.63, 3.8) is 0 Å². The van der Waals surface area contributed by atoms with Gasteiger partial charge in [0, 0.05) is 18.7 Å². The predicted octanol–water partition coefficient (Wildman–Crippen LogP) is 2.04. The molecule has 0 aliphatic heterocycles. The number of nitrogens with one attached hydrogen (secondary N) is 1. The lowest BCUT2D eigenvalue weighted by atomic mass is 10.1. The number of hydrogen-bond donors (Lipinski definition) is 2. The number of nitrogens with two attached hydrogens (primary N) is 1. The molecule has 0 aliphatic carbocycles. The topological polar surface area (TPSA) is 84.1 Å². The van der Waals surface area contributed by atoms with E-state index < -0.39 is 5.91 Å². The van der Waals surface area contributed by atoms with E-state index in [0.717, 1.165) is 0 Å². The highest BCUT2D eigenvalue weighted by Gasteiger charge is 2.12. The molecule has 0 radical (unpaired) electrons. The predicted molar refractivity (Wildman–Crippen MR) is 86.7 cm³/mol. The first-order chi connectivity index (χ1) is 10.9. The summed E-state index contributed by atoms with van der Waals surface area (Å²) in [6.07, 6.45) is 0. The molecule has 8 heteroatoms. The summed E-state index contributed by atoms with van der Waals surface area (Å²) in [6.45, 7) is 0.795. The van der Waals surface area contributed by atoms with E-state index in [2.05, 4.69) is 15.5 Å². The highest BCUT2D eigenvalue weighted by molar-refractivity contribution is 6.29. The molecular weight excluding hydrogens is 321 g/mol. The molecule has 2 rings (SSSR count). The van der Waals surface area contributed by atoms with Gasteiger partial charge < -0.3 is 16.0 Å². The van der Waals surface area contributed by atoms with E-state index in [0.29, 0.717) is 17.7 Å². The number of anilines is 1. The maximum atomic E-state index is 14.0. The van der Waals surface area contributed by atoms with Gasteiger partial charge in [-0.15, -0.1) is 10.2 Å². The average Bonchev–Trinajstić information content (AvgIpc) is 2.48. The number of aromatic nitrogens is 2. The highest BCUT2D eigenvalue weighted by atomic mass is 35.5. The number of carbonyl (C=O) groups excluding carboxylic acids is 1. The van der Waals surface area contributed by atoms with Gasteiger partial charge in [0.15, 0.2) is 11.0 Å². The van der Waals surface area contributed by atoms with Crippen LogP contribution in [0.5, 0.6) is 0 Å². The molecule has 0 bridgehead atoms. The minimum Gasteiger partial charge on any atom is -0.365 e. The molecule has 0 atom stereocenters. The van der Waals surface area contributed by atoms with Crippen LogP contribution in [0.4, 0.5) is 10.2 Å². The Morgan fingerprint density at radius 3 is 2.70 bits per heavy atom. The van der Waals surface area contributed by atoms with Crippen LogP contribution in [0.25, 0.3) is 0 Å². The number of amides is 1. The van der Waals surface area contributed by atoms with Crippen molar-refractivity contribution in [2.24, 2.45) is 5.73 Å². The van der Waals surface area contributed by atoms with E-state index >= 15 is 0 Å². The monoisotopic (exact) mass is 337 g/mol. The molecule has 0 spiro atoms. The molecule has 0 aliphatic rings. The van der Waals surface area contributed by atoms with Gasteiger partial charge in [-0.05, 0) is 31.8 Å². The second kappa shape index (κ2) is 7.34. The van der Waals surface area contributed by atoms with Crippen molar-refractivity contribution in [2.75, 3.05) is 19.4 Å². The molecular formula is C15H17ClFN5O. The Hall–Kier alpha value is -2.25. The summed E-state index contributed by atoms with van der Waals surface area (Å²) in [5.41, 5.74) is 6.73. The Bertz CT molecular complexity index is 723. The van der Waals surface area contributed by atoms with Crippen LogP contribution < -0.4 is 11.1 Å². The molecule has 1 amide bonds. The van der Waals surface area contributed by atoms with Crippen LogP contribution >= 0.6 is 11.6 Å². The molecule has 1 heterocycles. The van der Waals surface area contributed by atoms with Crippen molar-refractivity contribution in [2.45, 2.75) is 13.1 Å². The van der Waals surface area contributed by atoms with Crippen LogP contribution in [0.1, 0.15) is 21.5 Å². The van der Waals surface area contributed by atoms with Gasteiger partial charge in [-0.25, -0.2) is 4.39 Å². The summed E-state index contributed by atoms with van der Waals surface area (Å²) < 4.78 is 14.0. The van der Waals surface area contributed by atoms with Crippen LogP contribution in [0.15, 0.2) is 24.3 Å². The second-order valence-electron chi connectivity index (χ2n) is 5.31. The Kier molecular flexibility index (Phi) is 5.46. The molecule has 0 unspecified atom stereocenters. The fourth-order valence-corrected chi connectivity index (χ4v) is 2.19. The SMILES string of the molecule is CN(C)Cc1ccc(CNc2nnc(Cl)cc2C(N)=O)cc1F. The van der Waals surface area contributed by atoms with Crippen molar-refractivity contribution in [1.29, 1.82) is 0 Å². The van der Waals surface area contributed by atoms with Gasteiger partial charge in [-0.2, -0.15) is 0 Å². The third-order valence-corrected chi connectivity index (χ3v) is 3.28. The first kappa shape index (κ1) is 17.1. The number of benzene rings is 1. The largest absolute Gasteiger partial charge is 0.365 e. The zero-order chi connectivity index (χ0) is 17.0. The smallest absolute Gasteiger partial charge is 0.252 e. The molecule has 3 N–H and O–H groups in total. The number of halogens is 2. The van der Waals surface area contributed by atoms with Crippen molar-refractivity contribution in [3.05, 3.63) is 51.9 Å². The summed E-state index contributed by atoms with van der Waals surface area (Å²) in [4.78, 5) is 13.3. The van der Waals surface area contributed by atoms with E-state index in [-0.39, 0.29) is 28.9 Å². The third kappa shape index (κ3) is 4.61. The zero-order valence-corrected chi connectivity index (χ0v) is 13.6. The van der Waals surface area contributed by atoms with Gasteiger partial charge in [-0.3, -0.25) is 4.79 Å². The summed E-state index contributed by atoms with van der Waals surface area (Å²) in [7, 11) is 3.75. The van der Waals surface area contributed by atoms with Crippen molar-refractivity contribution in [1.82, 2.24) is 15.1 Å². The van der Waals surface area contributed by atoms with Crippen LogP contribution in [-0.4, -0.2) is 35.1 Å². The number of nitrogens with zero attached hydrogens (tertiary/aromatic N) is 3. The van der Waals surface area contributed by atoms with E-state index in [9.17, 15) is 9.18 Å². The van der Waals surface area contributed by atoms with Crippen LogP contribution in [0.2, 0.25) is 5.15 Å². The molecule has 0 fully saturated rings. The van der Waals surface area contributed by atoms with E-state index in [4.69, 9.17) is 17.3 Å². The maximum absolute atomic E-state index is 14.0. The lowest BCUT2D eigenvalue weighted by Gasteiger charge is -2.12. The standard InChI is InChI=1S/C15H17ClFN5O/c1-22(2)8-10-4-3-9(5-12(10)17)7-19-15-11(14(18)23)6-13(16)20-21-15/h3-6H,7-8H2,1-2H3,(H2,18,23)(H,19,21). The maximum Gasteiger partial charge on any atom is 0.252 e. The first-order valence-electron chi connectivity index (χ1n) is 6.85. The van der Waals surface area contributed by atoms with E-state index in [1.165, 1.54) is 12.1 Å². The van der Waals surface area contributed by atoms with Crippen molar-refractivity contribution < 1.29 is 9.18 Å². The average molecular weight is 338 g/mol. The van der Waals surface area contributed by atoms with Gasteiger partial charge in [0.25, 0.3) is 5.91 Å². The van der Waals surface area contributed by atoms with Gasteiger partial charge in [0.2, 0.25) is 0 Å². The molecule has 1 aromatic carbocycles. The Morgan fingerprint density at radius 1 is 1.35 bits per heavy atom. The second-order valence-corrected chi connectivity index (χ2v) is 5.70. The van der Waals surface area contributed by atoms with Gasteiger partial charge in [0.05, 0.1) is 5.56 Å². The number of carbonyl (C=O) groups is 1. The minimum atomic E-state index is -0.670. The lowest BCUT2D eigenvalue weighted by molar-refractivity contribution is 0.100. The van der Waals surface area contributed by atoms with Crippen LogP contribution in [-0.2, 0) is 13.1 Å². The van der Waals surface area contributed by atoms with E-state index in [1.54, 1.807) is 6.07 Å². The highest BCUT2D eigenvalue weighted by Crippen LogP contribution is 2.17. The Morgan fingerprint density at radius 2 is 2.09 bits per heavy atom. The normalized spacial score (nSPS) is 10.8. The summed E-state index contributed by atoms with van der Waals surface area (Å²) in [5.74, 6) is -0.744. The molecule has 1 aromatic heterocycles. The Labute approximate surface area is 138 Å². The first-order valence-corrected chi connectivity index (χ1v) is 7.23. The number of primary amides is 1. The molecule has 0 saturated heterocycles. The fraction of sp³-hybridized carbons (Fsp3) is 0.267. The zero-order valence-electron chi connectivity index (χ0n) is 12.8. The Balaban J connectivity index is 2.12. The molecule has 122 valence electrons. The minimum absolute atomic E-state index is 0.0726. The van der Waals surface area contributed by atoms with Gasteiger partial charge in [0.1, 0.15) is 5.82 Å². The summed E-state index contributed by atoms with van der Waals surface area (Å²) in [6, 6.07) is 6.32. The van der Waals surface area contributed by atoms with Gasteiger partial charge in [-0.1, -0.05) is 23.7 Å². The molecule has 6 nitrogen and oxygen atoms in total. The quantitative estimate of drug-likeness (QED) is 0.842. The van der Waals surface area contributed by atoms with Crippen LogP contribution in [0.3, 0.4) is 0 Å². The van der Waals surface area contributed by atoms with Crippen molar-refractivity contribution >= 4 is 23.3 Å². The van der Waals surface area contributed by atoms with Crippen LogP contribution in [0, 0.1) is 5.82 Å². The number of hydrogen-bond acceptors (Lipinski definition) is 5. The van der Waals surface area contributed by atoms with Gasteiger partial charge >= 0.3 is 0 Å². The third-order valence-electron chi connectivity index (χ3n) is 3.09. The molecule has 2 aromatic rings. The van der Waals surface area contributed by atoms with Crippen molar-refractivity contribution in [3.8, 4) is 0 Å². The molecule has 23 heavy (non-hydrogen) atoms. The summed E-state index contributed by atoms with van der Waals surface area (Å²) >= 11 is 5.70. The fourth-order valence-electron chi connectivity index (χ4n) is 2.04. The van der Waals surface area contributed by atoms with E-state index in [1.807, 2.05) is 25.1 Å². The molecule has 0 saturated carbocycles. The number of rotatable bonds is 6. The summed E-state index contributed by atoms with van der Waals surface area (Å²) in [5, 5.41) is 10.5.